The number of methoxy groups -OCH3 is 1. The number of hydrogen-bond acceptors (Lipinski definition) is 4. The van der Waals surface area contributed by atoms with E-state index in [1.165, 1.54) is 0 Å². The number of para-hydroxylation sites is 2. The van der Waals surface area contributed by atoms with Gasteiger partial charge in [-0.3, -0.25) is 10.00 Å². The number of anilines is 2. The van der Waals surface area contributed by atoms with Gasteiger partial charge in [-0.15, -0.1) is 0 Å². The summed E-state index contributed by atoms with van der Waals surface area (Å²) in [5, 5.41) is 9.51. The number of benzene rings is 1. The zero-order valence-electron chi connectivity index (χ0n) is 11.4. The predicted molar refractivity (Wildman–Crippen MR) is 76.7 cm³/mol. The Kier molecular flexibility index (Phi) is 4.21. The Bertz CT molecular complexity index is 609. The zero-order valence-corrected chi connectivity index (χ0v) is 11.4. The van der Waals surface area contributed by atoms with Crippen LogP contribution in [0.3, 0.4) is 0 Å². The second kappa shape index (κ2) is 6.07. The number of rotatable bonds is 4. The highest BCUT2D eigenvalue weighted by molar-refractivity contribution is 6.00. The van der Waals surface area contributed by atoms with Gasteiger partial charge in [0.15, 0.2) is 5.82 Å². The van der Waals surface area contributed by atoms with Crippen LogP contribution < -0.4 is 21.1 Å². The Morgan fingerprint density at radius 3 is 2.85 bits per heavy atom. The van der Waals surface area contributed by atoms with E-state index in [2.05, 4.69) is 15.7 Å². The third kappa shape index (κ3) is 3.07. The number of aromatic nitrogens is 2. The van der Waals surface area contributed by atoms with Crippen molar-refractivity contribution >= 4 is 17.5 Å². The molecule has 20 heavy (non-hydrogen) atoms. The monoisotopic (exact) mass is 275 g/mol. The van der Waals surface area contributed by atoms with Crippen LogP contribution in [-0.4, -0.2) is 22.9 Å². The minimum atomic E-state index is -0.400. The maximum absolute atomic E-state index is 12.0. The smallest absolute Gasteiger partial charge is 0.325 e. The number of nitrogens with zero attached hydrogens (tertiary/aromatic N) is 2. The van der Waals surface area contributed by atoms with Gasteiger partial charge in [0.05, 0.1) is 12.8 Å². The molecule has 0 radical (unpaired) electrons. The van der Waals surface area contributed by atoms with Crippen molar-refractivity contribution in [1.29, 1.82) is 0 Å². The van der Waals surface area contributed by atoms with Crippen molar-refractivity contribution in [3.8, 4) is 5.75 Å². The van der Waals surface area contributed by atoms with Crippen molar-refractivity contribution in [3.63, 3.8) is 0 Å². The van der Waals surface area contributed by atoms with Crippen molar-refractivity contribution in [3.05, 3.63) is 36.0 Å². The number of ether oxygens (including phenoxy) is 1. The van der Waals surface area contributed by atoms with E-state index in [1.807, 2.05) is 12.1 Å². The maximum Gasteiger partial charge on any atom is 0.325 e. The third-order valence-corrected chi connectivity index (χ3v) is 2.71. The van der Waals surface area contributed by atoms with Crippen molar-refractivity contribution in [1.82, 2.24) is 9.78 Å². The van der Waals surface area contributed by atoms with E-state index in [0.717, 1.165) is 5.56 Å². The Labute approximate surface area is 116 Å². The molecule has 0 atom stereocenters. The number of carbonyl (C=O) groups is 1. The molecule has 0 unspecified atom stereocenters. The predicted octanol–water partition coefficient (Wildman–Crippen LogP) is 1.53. The molecule has 0 fully saturated rings. The molecular formula is C13H17N5O2. The lowest BCUT2D eigenvalue weighted by molar-refractivity contribution is 0.262. The molecule has 4 N–H and O–H groups in total. The van der Waals surface area contributed by atoms with Gasteiger partial charge in [-0.25, -0.2) is 4.79 Å². The Morgan fingerprint density at radius 1 is 1.40 bits per heavy atom. The first kappa shape index (κ1) is 13.9. The molecule has 7 heteroatoms. The summed E-state index contributed by atoms with van der Waals surface area (Å²) in [6.07, 6.45) is 1.76. The Balaban J connectivity index is 2.09. The van der Waals surface area contributed by atoms with Crippen molar-refractivity contribution in [2.24, 2.45) is 12.8 Å². The fraction of sp³-hybridized carbons (Fsp3) is 0.231. The molecule has 2 amide bonds. The number of aryl methyl sites for hydroxylation is 1. The van der Waals surface area contributed by atoms with Crippen LogP contribution in [0.5, 0.6) is 5.75 Å². The van der Waals surface area contributed by atoms with Crippen molar-refractivity contribution < 1.29 is 9.53 Å². The third-order valence-electron chi connectivity index (χ3n) is 2.71. The van der Waals surface area contributed by atoms with Crippen LogP contribution in [0.15, 0.2) is 30.5 Å². The standard InChI is InChI=1S/C13H17N5O2/c1-18-8-9(7-14)12(17-18)16-13(19)15-10-5-3-4-6-11(10)20-2/h3-6,8H,7,14H2,1-2H3,(H2,15,16,17,19). The molecule has 0 saturated heterocycles. The molecule has 2 rings (SSSR count). The van der Waals surface area contributed by atoms with Gasteiger partial charge in [-0.05, 0) is 12.1 Å². The fourth-order valence-electron chi connectivity index (χ4n) is 1.80. The number of urea groups is 1. The number of hydrogen-bond donors (Lipinski definition) is 3. The first-order valence-electron chi connectivity index (χ1n) is 6.07. The van der Waals surface area contributed by atoms with E-state index in [-0.39, 0.29) is 0 Å². The van der Waals surface area contributed by atoms with Crippen LogP contribution in [0.2, 0.25) is 0 Å². The van der Waals surface area contributed by atoms with Gasteiger partial charge in [0.2, 0.25) is 0 Å². The van der Waals surface area contributed by atoms with Gasteiger partial charge in [-0.2, -0.15) is 5.10 Å². The summed E-state index contributed by atoms with van der Waals surface area (Å²) in [6, 6.07) is 6.75. The molecule has 1 heterocycles. The summed E-state index contributed by atoms with van der Waals surface area (Å²) in [5.41, 5.74) is 6.94. The van der Waals surface area contributed by atoms with Gasteiger partial charge < -0.3 is 15.8 Å². The van der Waals surface area contributed by atoms with E-state index in [4.69, 9.17) is 10.5 Å². The second-order valence-corrected chi connectivity index (χ2v) is 4.16. The summed E-state index contributed by atoms with van der Waals surface area (Å²) < 4.78 is 6.76. The maximum atomic E-state index is 12.0. The molecule has 0 aliphatic carbocycles. The minimum absolute atomic E-state index is 0.304. The van der Waals surface area contributed by atoms with Crippen LogP contribution in [0, 0.1) is 0 Å². The van der Waals surface area contributed by atoms with Gasteiger partial charge in [-0.1, -0.05) is 12.1 Å². The topological polar surface area (TPSA) is 94.2 Å². The lowest BCUT2D eigenvalue weighted by Crippen LogP contribution is -2.21. The first-order chi connectivity index (χ1) is 9.63. The molecule has 1 aromatic heterocycles. The highest BCUT2D eigenvalue weighted by Crippen LogP contribution is 2.23. The van der Waals surface area contributed by atoms with Crippen LogP contribution in [0.4, 0.5) is 16.3 Å². The number of amides is 2. The van der Waals surface area contributed by atoms with Crippen molar-refractivity contribution in [2.45, 2.75) is 6.54 Å². The molecule has 0 spiro atoms. The average molecular weight is 275 g/mol. The van der Waals surface area contributed by atoms with E-state index in [9.17, 15) is 4.79 Å². The van der Waals surface area contributed by atoms with Crippen molar-refractivity contribution in [2.75, 3.05) is 17.7 Å². The van der Waals surface area contributed by atoms with Crippen LogP contribution in [-0.2, 0) is 13.6 Å². The van der Waals surface area contributed by atoms with Gasteiger partial charge >= 0.3 is 6.03 Å². The average Bonchev–Trinajstić information content (AvgIpc) is 2.79. The van der Waals surface area contributed by atoms with E-state index < -0.39 is 6.03 Å². The summed E-state index contributed by atoms with van der Waals surface area (Å²) in [7, 11) is 3.31. The summed E-state index contributed by atoms with van der Waals surface area (Å²) >= 11 is 0. The van der Waals surface area contributed by atoms with Crippen LogP contribution in [0.1, 0.15) is 5.56 Å². The van der Waals surface area contributed by atoms with E-state index in [1.54, 1.807) is 37.2 Å². The molecule has 0 bridgehead atoms. The first-order valence-corrected chi connectivity index (χ1v) is 6.07. The lowest BCUT2D eigenvalue weighted by atomic mass is 10.3. The van der Waals surface area contributed by atoms with Gasteiger partial charge in [0, 0.05) is 25.4 Å². The number of nitrogens with one attached hydrogen (secondary N) is 2. The Morgan fingerprint density at radius 2 is 2.15 bits per heavy atom. The molecule has 0 aliphatic rings. The molecular weight excluding hydrogens is 258 g/mol. The molecule has 0 saturated carbocycles. The van der Waals surface area contributed by atoms with E-state index >= 15 is 0 Å². The molecule has 1 aromatic carbocycles. The second-order valence-electron chi connectivity index (χ2n) is 4.16. The highest BCUT2D eigenvalue weighted by atomic mass is 16.5. The summed E-state index contributed by atoms with van der Waals surface area (Å²) in [6.45, 7) is 0.304. The number of nitrogens with two attached hydrogens (primary N) is 1. The van der Waals surface area contributed by atoms with E-state index in [0.29, 0.717) is 23.8 Å². The quantitative estimate of drug-likeness (QED) is 0.788. The normalized spacial score (nSPS) is 10.2. The van der Waals surface area contributed by atoms with Crippen LogP contribution >= 0.6 is 0 Å². The SMILES string of the molecule is COc1ccccc1NC(=O)Nc1nn(C)cc1CN. The highest BCUT2D eigenvalue weighted by Gasteiger charge is 2.11. The molecule has 7 nitrogen and oxygen atoms in total. The van der Waals surface area contributed by atoms with Crippen LogP contribution in [0.25, 0.3) is 0 Å². The minimum Gasteiger partial charge on any atom is -0.495 e. The Hall–Kier alpha value is -2.54. The molecule has 2 aromatic rings. The molecule has 0 aliphatic heterocycles. The fourth-order valence-corrected chi connectivity index (χ4v) is 1.80. The summed E-state index contributed by atoms with van der Waals surface area (Å²) in [4.78, 5) is 12.0. The zero-order chi connectivity index (χ0) is 14.5. The van der Waals surface area contributed by atoms with Gasteiger partial charge in [0.25, 0.3) is 0 Å². The summed E-state index contributed by atoms with van der Waals surface area (Å²) in [5.74, 6) is 1.03. The number of carbonyl (C=O) groups excluding carboxylic acids is 1. The largest absolute Gasteiger partial charge is 0.495 e. The lowest BCUT2D eigenvalue weighted by Gasteiger charge is -2.10. The molecule has 106 valence electrons. The van der Waals surface area contributed by atoms with Gasteiger partial charge in [0.1, 0.15) is 5.75 Å².